The van der Waals surface area contributed by atoms with Gasteiger partial charge in [-0.1, -0.05) is 30.3 Å². The lowest BCUT2D eigenvalue weighted by atomic mass is 10.0. The molecule has 1 aliphatic rings. The highest BCUT2D eigenvalue weighted by Crippen LogP contribution is 2.31. The summed E-state index contributed by atoms with van der Waals surface area (Å²) < 4.78 is 0. The summed E-state index contributed by atoms with van der Waals surface area (Å²) in [7, 11) is 0. The fourth-order valence-electron chi connectivity index (χ4n) is 3.81. The SMILES string of the molecule is Cc1ccc(C2=Nc3cccnc3N(CC(=O)Nc3c(C)cccc3C)C(=O)C2)cc1C. The zero-order chi connectivity index (χ0) is 22.8. The summed E-state index contributed by atoms with van der Waals surface area (Å²) in [4.78, 5) is 36.7. The number of aliphatic imine (C=N–C) groups is 1. The molecule has 2 heterocycles. The van der Waals surface area contributed by atoms with Gasteiger partial charge in [0.05, 0.1) is 12.1 Å². The third-order valence-electron chi connectivity index (χ3n) is 5.78. The molecular formula is C26H26N4O2. The van der Waals surface area contributed by atoms with Crippen LogP contribution in [-0.2, 0) is 9.59 Å². The fourth-order valence-corrected chi connectivity index (χ4v) is 3.81. The Morgan fingerprint density at radius 2 is 1.72 bits per heavy atom. The third kappa shape index (κ3) is 4.30. The smallest absolute Gasteiger partial charge is 0.244 e. The number of rotatable bonds is 4. The molecule has 0 spiro atoms. The number of anilines is 2. The van der Waals surface area contributed by atoms with Gasteiger partial charge < -0.3 is 5.32 Å². The van der Waals surface area contributed by atoms with Crippen molar-refractivity contribution in [3.8, 4) is 0 Å². The summed E-state index contributed by atoms with van der Waals surface area (Å²) in [5.74, 6) is -0.0916. The van der Waals surface area contributed by atoms with E-state index in [2.05, 4.69) is 17.2 Å². The van der Waals surface area contributed by atoms with E-state index < -0.39 is 0 Å². The van der Waals surface area contributed by atoms with E-state index in [-0.39, 0.29) is 24.8 Å². The Morgan fingerprint density at radius 3 is 2.44 bits per heavy atom. The number of hydrogen-bond acceptors (Lipinski definition) is 4. The minimum absolute atomic E-state index is 0.0928. The first-order valence-electron chi connectivity index (χ1n) is 10.6. The molecule has 2 amide bonds. The van der Waals surface area contributed by atoms with Crippen molar-refractivity contribution in [2.24, 2.45) is 4.99 Å². The number of fused-ring (bicyclic) bond motifs is 1. The van der Waals surface area contributed by atoms with Gasteiger partial charge in [-0.3, -0.25) is 14.5 Å². The fraction of sp³-hybridized carbons (Fsp3) is 0.231. The number of nitrogens with one attached hydrogen (secondary N) is 1. The first-order chi connectivity index (χ1) is 15.3. The molecule has 0 saturated heterocycles. The molecule has 162 valence electrons. The van der Waals surface area contributed by atoms with Gasteiger partial charge in [-0.2, -0.15) is 0 Å². The zero-order valence-corrected chi connectivity index (χ0v) is 18.8. The Hall–Kier alpha value is -3.80. The number of pyridine rings is 1. The van der Waals surface area contributed by atoms with E-state index in [1.54, 1.807) is 12.3 Å². The number of aromatic nitrogens is 1. The number of carbonyl (C=O) groups is 2. The first kappa shape index (κ1) is 21.4. The predicted octanol–water partition coefficient (Wildman–Crippen LogP) is 4.81. The average molecular weight is 427 g/mol. The molecule has 0 saturated carbocycles. The number of carbonyl (C=O) groups excluding carboxylic acids is 2. The van der Waals surface area contributed by atoms with E-state index in [0.717, 1.165) is 27.9 Å². The molecule has 6 nitrogen and oxygen atoms in total. The average Bonchev–Trinajstić information content (AvgIpc) is 2.89. The van der Waals surface area contributed by atoms with Gasteiger partial charge in [-0.05, 0) is 73.7 Å². The topological polar surface area (TPSA) is 74.7 Å². The molecule has 1 aromatic heterocycles. The predicted molar refractivity (Wildman–Crippen MR) is 128 cm³/mol. The molecule has 0 unspecified atom stereocenters. The van der Waals surface area contributed by atoms with Gasteiger partial charge in [0.2, 0.25) is 11.8 Å². The highest BCUT2D eigenvalue weighted by molar-refractivity contribution is 6.18. The summed E-state index contributed by atoms with van der Waals surface area (Å²) >= 11 is 0. The highest BCUT2D eigenvalue weighted by atomic mass is 16.2. The van der Waals surface area contributed by atoms with Crippen LogP contribution in [0, 0.1) is 27.7 Å². The van der Waals surface area contributed by atoms with Crippen molar-refractivity contribution in [2.45, 2.75) is 34.1 Å². The standard InChI is InChI=1S/C26H26N4O2/c1-16-10-11-20(13-19(16)4)22-14-24(32)30(26-21(28-22)9-6-12-27-26)15-23(31)29-25-17(2)7-5-8-18(25)3/h5-13H,14-15H2,1-4H3,(H,29,31). The second-order valence-electron chi connectivity index (χ2n) is 8.18. The summed E-state index contributed by atoms with van der Waals surface area (Å²) in [6.07, 6.45) is 1.70. The van der Waals surface area contributed by atoms with Crippen LogP contribution in [0.1, 0.15) is 34.2 Å². The third-order valence-corrected chi connectivity index (χ3v) is 5.78. The molecule has 0 fully saturated rings. The molecule has 0 radical (unpaired) electrons. The van der Waals surface area contributed by atoms with Crippen LogP contribution >= 0.6 is 0 Å². The molecule has 3 aromatic rings. The monoisotopic (exact) mass is 426 g/mol. The van der Waals surface area contributed by atoms with Crippen LogP contribution in [0.5, 0.6) is 0 Å². The number of benzene rings is 2. The minimum atomic E-state index is -0.276. The van der Waals surface area contributed by atoms with Gasteiger partial charge >= 0.3 is 0 Å². The Bertz CT molecular complexity index is 1230. The molecule has 1 aliphatic heterocycles. The molecule has 6 heteroatoms. The zero-order valence-electron chi connectivity index (χ0n) is 18.8. The minimum Gasteiger partial charge on any atom is -0.324 e. The van der Waals surface area contributed by atoms with E-state index in [1.165, 1.54) is 10.5 Å². The van der Waals surface area contributed by atoms with Crippen LogP contribution < -0.4 is 10.2 Å². The molecule has 1 N–H and O–H groups in total. The van der Waals surface area contributed by atoms with E-state index in [1.807, 2.05) is 63.2 Å². The molecule has 32 heavy (non-hydrogen) atoms. The second-order valence-corrected chi connectivity index (χ2v) is 8.18. The lowest BCUT2D eigenvalue weighted by Crippen LogP contribution is -2.39. The molecule has 0 aliphatic carbocycles. The maximum absolute atomic E-state index is 13.3. The Morgan fingerprint density at radius 1 is 0.969 bits per heavy atom. The normalized spacial score (nSPS) is 13.3. The van der Waals surface area contributed by atoms with Crippen LogP contribution in [0.15, 0.2) is 59.7 Å². The lowest BCUT2D eigenvalue weighted by molar-refractivity contribution is -0.120. The van der Waals surface area contributed by atoms with Crippen LogP contribution in [0.25, 0.3) is 0 Å². The maximum Gasteiger partial charge on any atom is 0.244 e. The first-order valence-corrected chi connectivity index (χ1v) is 10.6. The Kier molecular flexibility index (Phi) is 5.86. The maximum atomic E-state index is 13.3. The van der Waals surface area contributed by atoms with Crippen LogP contribution in [0.4, 0.5) is 17.2 Å². The van der Waals surface area contributed by atoms with Gasteiger partial charge in [0.15, 0.2) is 5.82 Å². The van der Waals surface area contributed by atoms with Gasteiger partial charge in [-0.15, -0.1) is 0 Å². The number of aryl methyl sites for hydroxylation is 4. The van der Waals surface area contributed by atoms with E-state index in [9.17, 15) is 9.59 Å². The van der Waals surface area contributed by atoms with Crippen molar-refractivity contribution in [1.29, 1.82) is 0 Å². The van der Waals surface area contributed by atoms with Crippen molar-refractivity contribution in [3.63, 3.8) is 0 Å². The van der Waals surface area contributed by atoms with Crippen molar-refractivity contribution in [3.05, 3.63) is 82.5 Å². The Labute approximate surface area is 188 Å². The van der Waals surface area contributed by atoms with Gasteiger partial charge in [0, 0.05) is 11.9 Å². The lowest BCUT2D eigenvalue weighted by Gasteiger charge is -2.21. The van der Waals surface area contributed by atoms with Gasteiger partial charge in [-0.25, -0.2) is 9.98 Å². The van der Waals surface area contributed by atoms with E-state index >= 15 is 0 Å². The van der Waals surface area contributed by atoms with Crippen molar-refractivity contribution in [1.82, 2.24) is 4.98 Å². The summed E-state index contributed by atoms with van der Waals surface area (Å²) in [5.41, 5.74) is 7.18. The molecule has 0 bridgehead atoms. The van der Waals surface area contributed by atoms with E-state index in [4.69, 9.17) is 4.99 Å². The van der Waals surface area contributed by atoms with Crippen molar-refractivity contribution in [2.75, 3.05) is 16.8 Å². The van der Waals surface area contributed by atoms with E-state index in [0.29, 0.717) is 17.2 Å². The summed E-state index contributed by atoms with van der Waals surface area (Å²) in [5, 5.41) is 2.96. The number of para-hydroxylation sites is 1. The summed E-state index contributed by atoms with van der Waals surface area (Å²) in [6, 6.07) is 15.5. The highest BCUT2D eigenvalue weighted by Gasteiger charge is 2.28. The van der Waals surface area contributed by atoms with Crippen LogP contribution in [0.2, 0.25) is 0 Å². The van der Waals surface area contributed by atoms with Gasteiger partial charge in [0.25, 0.3) is 0 Å². The number of nitrogens with zero attached hydrogens (tertiary/aromatic N) is 3. The molecular weight excluding hydrogens is 400 g/mol. The van der Waals surface area contributed by atoms with Crippen molar-refractivity contribution >= 4 is 34.7 Å². The van der Waals surface area contributed by atoms with Gasteiger partial charge in [0.1, 0.15) is 12.2 Å². The van der Waals surface area contributed by atoms with Crippen LogP contribution in [0.3, 0.4) is 0 Å². The summed E-state index contributed by atoms with van der Waals surface area (Å²) in [6.45, 7) is 7.85. The molecule has 0 atom stereocenters. The Balaban J connectivity index is 1.64. The largest absolute Gasteiger partial charge is 0.324 e. The number of amides is 2. The second kappa shape index (κ2) is 8.75. The molecule has 4 rings (SSSR count). The van der Waals surface area contributed by atoms with Crippen LogP contribution in [-0.4, -0.2) is 29.1 Å². The number of hydrogen-bond donors (Lipinski definition) is 1. The van der Waals surface area contributed by atoms with Crippen molar-refractivity contribution < 1.29 is 9.59 Å². The quantitative estimate of drug-likeness (QED) is 0.650. The molecule has 2 aromatic carbocycles.